The molecule has 1 aromatic carbocycles. The summed E-state index contributed by atoms with van der Waals surface area (Å²) in [5, 5.41) is 1.02. The molecule has 2 aromatic heterocycles. The maximum absolute atomic E-state index is 11.7. The molecule has 6 rings (SSSR count). The number of nitrogens with zero attached hydrogens (tertiary/aromatic N) is 1. The predicted molar refractivity (Wildman–Crippen MR) is 102 cm³/mol. The van der Waals surface area contributed by atoms with Crippen molar-refractivity contribution in [2.75, 3.05) is 7.11 Å². The van der Waals surface area contributed by atoms with Gasteiger partial charge in [0.1, 0.15) is 11.3 Å². The van der Waals surface area contributed by atoms with Gasteiger partial charge in [-0.15, -0.1) is 0 Å². The van der Waals surface area contributed by atoms with E-state index in [1.54, 1.807) is 31.7 Å². The summed E-state index contributed by atoms with van der Waals surface area (Å²) in [5.41, 5.74) is 0.0789. The molecule has 0 radical (unpaired) electrons. The van der Waals surface area contributed by atoms with Gasteiger partial charge in [0.2, 0.25) is 0 Å². The number of benzene rings is 1. The Morgan fingerprint density at radius 3 is 2.50 bits per heavy atom. The van der Waals surface area contributed by atoms with Crippen molar-refractivity contribution in [2.24, 2.45) is 17.8 Å². The summed E-state index contributed by atoms with van der Waals surface area (Å²) in [4.78, 5) is 32.0. The predicted octanol–water partition coefficient (Wildman–Crippen LogP) is 3.22. The molecule has 2 bridgehead atoms. The number of pyridine rings is 1. The Labute approximate surface area is 150 Å². The van der Waals surface area contributed by atoms with E-state index in [1.807, 2.05) is 0 Å². The Balaban J connectivity index is 0.000000174. The zero-order chi connectivity index (χ0) is 18.3. The van der Waals surface area contributed by atoms with Gasteiger partial charge in [-0.1, -0.05) is 38.3 Å². The van der Waals surface area contributed by atoms with Crippen LogP contribution in [0.15, 0.2) is 34.0 Å². The number of aromatic nitrogens is 3. The monoisotopic (exact) mass is 353 g/mol. The average Bonchev–Trinajstić information content (AvgIpc) is 2.67. The van der Waals surface area contributed by atoms with Gasteiger partial charge in [-0.2, -0.15) is 0 Å². The second kappa shape index (κ2) is 6.59. The molecule has 2 heterocycles. The Morgan fingerprint density at radius 2 is 1.88 bits per heavy atom. The van der Waals surface area contributed by atoms with Gasteiger partial charge in [0.05, 0.1) is 18.0 Å². The third-order valence-electron chi connectivity index (χ3n) is 6.03. The summed E-state index contributed by atoms with van der Waals surface area (Å²) in [6, 6.07) is 5.33. The molecular weight excluding hydrogens is 330 g/mol. The summed E-state index contributed by atoms with van der Waals surface area (Å²) in [5.74, 6) is 3.99. The third-order valence-corrected chi connectivity index (χ3v) is 6.03. The number of nitrogens with one attached hydrogen (secondary N) is 2. The number of para-hydroxylation sites is 1. The van der Waals surface area contributed by atoms with Gasteiger partial charge in [-0.3, -0.25) is 14.8 Å². The van der Waals surface area contributed by atoms with Crippen LogP contribution >= 0.6 is 0 Å². The summed E-state index contributed by atoms with van der Waals surface area (Å²) < 4.78 is 5.20. The largest absolute Gasteiger partial charge is 0.494 e. The third kappa shape index (κ3) is 2.79. The van der Waals surface area contributed by atoms with Crippen molar-refractivity contribution in [2.45, 2.75) is 32.6 Å². The van der Waals surface area contributed by atoms with E-state index in [-0.39, 0.29) is 0 Å². The summed E-state index contributed by atoms with van der Waals surface area (Å²) in [6.45, 7) is 2.43. The standard InChI is InChI=1S/C12H9N3O3.C8H14/c1-18-8-4-2-3-6-9-7(5-13-10(6)8)11(16)15-12(17)14-9;1-6-7-3-2-4-8(6)5-7/h2-5H,1H3,(H2,14,15,16,17);6-8H,2-5H2,1H3. The Bertz CT molecular complexity index is 1060. The molecule has 0 amide bonds. The highest BCUT2D eigenvalue weighted by atomic mass is 16.5. The van der Waals surface area contributed by atoms with Crippen LogP contribution in [0.1, 0.15) is 32.6 Å². The van der Waals surface area contributed by atoms with Gasteiger partial charge in [0.15, 0.2) is 0 Å². The van der Waals surface area contributed by atoms with Gasteiger partial charge >= 0.3 is 5.69 Å². The summed E-state index contributed by atoms with van der Waals surface area (Å²) in [6.07, 6.45) is 7.60. The van der Waals surface area contributed by atoms with Gasteiger partial charge in [-0.25, -0.2) is 4.79 Å². The van der Waals surface area contributed by atoms with Crippen molar-refractivity contribution in [3.8, 4) is 5.75 Å². The molecule has 26 heavy (non-hydrogen) atoms. The van der Waals surface area contributed by atoms with Crippen molar-refractivity contribution in [3.63, 3.8) is 0 Å². The molecule has 3 aliphatic rings. The Morgan fingerprint density at radius 1 is 1.12 bits per heavy atom. The van der Waals surface area contributed by atoms with Crippen LogP contribution in [0.5, 0.6) is 5.75 Å². The van der Waals surface area contributed by atoms with E-state index in [4.69, 9.17) is 4.74 Å². The highest BCUT2D eigenvalue weighted by Gasteiger charge is 2.39. The average molecular weight is 353 g/mol. The maximum atomic E-state index is 11.7. The highest BCUT2D eigenvalue weighted by molar-refractivity contribution is 6.04. The number of H-pyrrole nitrogens is 2. The van der Waals surface area contributed by atoms with Crippen LogP contribution in [0.3, 0.4) is 0 Å². The van der Waals surface area contributed by atoms with Crippen LogP contribution in [-0.2, 0) is 0 Å². The number of hydrogen-bond donors (Lipinski definition) is 2. The Hall–Kier alpha value is -2.63. The van der Waals surface area contributed by atoms with E-state index in [0.29, 0.717) is 27.6 Å². The molecule has 3 aliphatic carbocycles. The normalized spacial score (nSPS) is 23.8. The minimum absolute atomic E-state index is 0.343. The molecule has 0 aliphatic heterocycles. The smallest absolute Gasteiger partial charge is 0.326 e. The zero-order valence-electron chi connectivity index (χ0n) is 15.0. The lowest BCUT2D eigenvalue weighted by Gasteiger charge is -2.47. The highest BCUT2D eigenvalue weighted by Crippen LogP contribution is 2.49. The lowest BCUT2D eigenvalue weighted by molar-refractivity contribution is 0.0284. The molecule has 6 nitrogen and oxygen atoms in total. The molecule has 6 heteroatoms. The lowest BCUT2D eigenvalue weighted by atomic mass is 9.58. The van der Waals surface area contributed by atoms with Crippen molar-refractivity contribution >= 4 is 21.8 Å². The van der Waals surface area contributed by atoms with E-state index >= 15 is 0 Å². The van der Waals surface area contributed by atoms with Crippen LogP contribution in [0.2, 0.25) is 0 Å². The molecule has 2 atom stereocenters. The number of aromatic amines is 2. The Kier molecular flexibility index (Phi) is 4.26. The van der Waals surface area contributed by atoms with Gasteiger partial charge < -0.3 is 9.72 Å². The number of hydrogen-bond acceptors (Lipinski definition) is 4. The van der Waals surface area contributed by atoms with Crippen molar-refractivity contribution < 1.29 is 4.74 Å². The van der Waals surface area contributed by atoms with Crippen molar-refractivity contribution in [1.82, 2.24) is 15.0 Å². The second-order valence-electron chi connectivity index (χ2n) is 7.36. The first-order valence-corrected chi connectivity index (χ1v) is 9.16. The SMILES string of the molecule is CC1C2CCCC1C2.COc1cccc2c1ncc1c(=O)[nH]c(=O)[nH]c12. The minimum Gasteiger partial charge on any atom is -0.494 e. The molecule has 2 unspecified atom stereocenters. The van der Waals surface area contributed by atoms with Crippen LogP contribution in [-0.4, -0.2) is 22.1 Å². The molecule has 0 spiro atoms. The molecule has 3 saturated carbocycles. The quantitative estimate of drug-likeness (QED) is 0.658. The maximum Gasteiger partial charge on any atom is 0.326 e. The van der Waals surface area contributed by atoms with E-state index in [1.165, 1.54) is 25.5 Å². The fraction of sp³-hybridized carbons (Fsp3) is 0.450. The van der Waals surface area contributed by atoms with Crippen LogP contribution in [0.4, 0.5) is 0 Å². The molecule has 136 valence electrons. The molecule has 0 saturated heterocycles. The van der Waals surface area contributed by atoms with Crippen LogP contribution in [0, 0.1) is 17.8 Å². The number of rotatable bonds is 1. The summed E-state index contributed by atoms with van der Waals surface area (Å²) in [7, 11) is 1.54. The topological polar surface area (TPSA) is 87.8 Å². The first kappa shape index (κ1) is 16.8. The summed E-state index contributed by atoms with van der Waals surface area (Å²) >= 11 is 0. The van der Waals surface area contributed by atoms with Crippen molar-refractivity contribution in [3.05, 3.63) is 45.2 Å². The van der Waals surface area contributed by atoms with Gasteiger partial charge in [0, 0.05) is 11.6 Å². The van der Waals surface area contributed by atoms with Crippen LogP contribution in [0.25, 0.3) is 21.8 Å². The number of ether oxygens (including phenoxy) is 1. The zero-order valence-corrected chi connectivity index (χ0v) is 15.0. The fourth-order valence-electron chi connectivity index (χ4n) is 4.39. The van der Waals surface area contributed by atoms with E-state index < -0.39 is 11.2 Å². The van der Waals surface area contributed by atoms with Gasteiger partial charge in [-0.05, 0) is 30.2 Å². The molecule has 2 N–H and O–H groups in total. The van der Waals surface area contributed by atoms with Gasteiger partial charge in [0.25, 0.3) is 5.56 Å². The van der Waals surface area contributed by atoms with E-state index in [0.717, 1.165) is 17.8 Å². The van der Waals surface area contributed by atoms with Crippen molar-refractivity contribution in [1.29, 1.82) is 0 Å². The molecule has 3 aromatic rings. The minimum atomic E-state index is -0.539. The number of fused-ring (bicyclic) bond motifs is 5. The van der Waals surface area contributed by atoms with E-state index in [9.17, 15) is 9.59 Å². The molecule has 3 fully saturated rings. The molecular formula is C20H23N3O3. The first-order chi connectivity index (χ1) is 12.6. The van der Waals surface area contributed by atoms with E-state index in [2.05, 4.69) is 21.9 Å². The first-order valence-electron chi connectivity index (χ1n) is 9.16. The second-order valence-corrected chi connectivity index (χ2v) is 7.36. The lowest BCUT2D eigenvalue weighted by Crippen LogP contribution is -2.38. The number of methoxy groups -OCH3 is 1. The van der Waals surface area contributed by atoms with Crippen LogP contribution < -0.4 is 16.0 Å². The fourth-order valence-corrected chi connectivity index (χ4v) is 4.39.